The number of fused-ring (bicyclic) bond motifs is 1. The molecular weight excluding hydrogens is 409 g/mol. The number of alkyl halides is 1. The Hall–Kier alpha value is -1.21. The second kappa shape index (κ2) is 5.53. The Labute approximate surface area is 138 Å². The first kappa shape index (κ1) is 14.7. The Morgan fingerprint density at radius 2 is 2.00 bits per heavy atom. The minimum absolute atomic E-state index is 0.338. The number of benzene rings is 2. The zero-order valence-electron chi connectivity index (χ0n) is 10.9. The van der Waals surface area contributed by atoms with Crippen molar-refractivity contribution in [2.24, 2.45) is 0 Å². The van der Waals surface area contributed by atoms with Gasteiger partial charge in [-0.15, -0.1) is 11.6 Å². The van der Waals surface area contributed by atoms with Gasteiger partial charge in [-0.05, 0) is 53.8 Å². The van der Waals surface area contributed by atoms with Gasteiger partial charge in [0.15, 0.2) is 0 Å². The van der Waals surface area contributed by atoms with E-state index in [-0.39, 0.29) is 17.0 Å². The summed E-state index contributed by atoms with van der Waals surface area (Å²) in [7, 11) is 0. The molecule has 0 N–H and O–H groups in total. The molecule has 1 atom stereocenters. The van der Waals surface area contributed by atoms with E-state index >= 15 is 0 Å². The SMILES string of the molecule is CC(Cl)c1nc2cc(I)c(F)cc2n1-c1cccc(F)c1. The molecule has 1 unspecified atom stereocenters. The fraction of sp³-hybridized carbons (Fsp3) is 0.133. The Balaban J connectivity index is 2.38. The van der Waals surface area contributed by atoms with Gasteiger partial charge in [0.2, 0.25) is 0 Å². The molecule has 0 spiro atoms. The van der Waals surface area contributed by atoms with Gasteiger partial charge < -0.3 is 0 Å². The predicted molar refractivity (Wildman–Crippen MR) is 88.0 cm³/mol. The van der Waals surface area contributed by atoms with Gasteiger partial charge in [0.1, 0.15) is 17.5 Å². The van der Waals surface area contributed by atoms with Crippen molar-refractivity contribution in [1.82, 2.24) is 9.55 Å². The van der Waals surface area contributed by atoms with E-state index in [1.54, 1.807) is 29.7 Å². The normalized spacial score (nSPS) is 12.8. The van der Waals surface area contributed by atoms with Crippen LogP contribution in [0, 0.1) is 15.2 Å². The number of hydrogen-bond donors (Lipinski definition) is 0. The molecule has 0 radical (unpaired) electrons. The van der Waals surface area contributed by atoms with Crippen molar-refractivity contribution in [2.45, 2.75) is 12.3 Å². The van der Waals surface area contributed by atoms with Crippen LogP contribution < -0.4 is 0 Å². The van der Waals surface area contributed by atoms with E-state index in [0.717, 1.165) is 0 Å². The molecule has 2 nitrogen and oxygen atoms in total. The lowest BCUT2D eigenvalue weighted by Gasteiger charge is -2.10. The van der Waals surface area contributed by atoms with E-state index in [0.29, 0.717) is 26.1 Å². The maximum absolute atomic E-state index is 13.9. The molecule has 108 valence electrons. The van der Waals surface area contributed by atoms with E-state index in [1.165, 1.54) is 18.2 Å². The van der Waals surface area contributed by atoms with Gasteiger partial charge in [-0.25, -0.2) is 13.8 Å². The molecule has 6 heteroatoms. The Kier molecular flexibility index (Phi) is 3.88. The zero-order valence-corrected chi connectivity index (χ0v) is 13.9. The molecular formula is C15H10ClF2IN2. The molecule has 0 saturated carbocycles. The summed E-state index contributed by atoms with van der Waals surface area (Å²) in [4.78, 5) is 4.46. The molecule has 0 aliphatic rings. The van der Waals surface area contributed by atoms with Crippen molar-refractivity contribution < 1.29 is 8.78 Å². The highest BCUT2D eigenvalue weighted by atomic mass is 127. The van der Waals surface area contributed by atoms with E-state index in [2.05, 4.69) is 4.98 Å². The molecule has 0 aliphatic heterocycles. The maximum atomic E-state index is 13.9. The average molecular weight is 419 g/mol. The highest BCUT2D eigenvalue weighted by molar-refractivity contribution is 14.1. The molecule has 0 aliphatic carbocycles. The van der Waals surface area contributed by atoms with Crippen molar-refractivity contribution in [1.29, 1.82) is 0 Å². The van der Waals surface area contributed by atoms with Crippen molar-refractivity contribution in [3.05, 3.63) is 57.4 Å². The number of nitrogens with zero attached hydrogens (tertiary/aromatic N) is 2. The second-order valence-electron chi connectivity index (χ2n) is 4.66. The predicted octanol–water partition coefficient (Wildman–Crippen LogP) is 5.21. The molecule has 0 fully saturated rings. The van der Waals surface area contributed by atoms with Crippen LogP contribution >= 0.6 is 34.2 Å². The third kappa shape index (κ3) is 2.64. The molecule has 0 saturated heterocycles. The van der Waals surface area contributed by atoms with Crippen LogP contribution in [0.3, 0.4) is 0 Å². The Morgan fingerprint density at radius 3 is 2.67 bits per heavy atom. The van der Waals surface area contributed by atoms with Crippen LogP contribution in [0.4, 0.5) is 8.78 Å². The van der Waals surface area contributed by atoms with Gasteiger partial charge in [0.05, 0.1) is 25.7 Å². The fourth-order valence-electron chi connectivity index (χ4n) is 2.24. The number of halogens is 4. The number of hydrogen-bond acceptors (Lipinski definition) is 1. The van der Waals surface area contributed by atoms with Crippen LogP contribution in [0.15, 0.2) is 36.4 Å². The highest BCUT2D eigenvalue weighted by Gasteiger charge is 2.18. The first-order chi connectivity index (χ1) is 9.97. The van der Waals surface area contributed by atoms with Crippen molar-refractivity contribution in [2.75, 3.05) is 0 Å². The number of aromatic nitrogens is 2. The molecule has 1 heterocycles. The largest absolute Gasteiger partial charge is 0.295 e. The summed E-state index contributed by atoms with van der Waals surface area (Å²) in [5.74, 6) is -0.151. The standard InChI is InChI=1S/C15H10ClF2IN2/c1-8(16)15-20-13-7-12(19)11(18)6-14(13)21(15)10-4-2-3-9(17)5-10/h2-8H,1H3. The zero-order chi connectivity index (χ0) is 15.1. The van der Waals surface area contributed by atoms with Gasteiger partial charge >= 0.3 is 0 Å². The van der Waals surface area contributed by atoms with Crippen LogP contribution in [0.25, 0.3) is 16.7 Å². The van der Waals surface area contributed by atoms with E-state index in [1.807, 2.05) is 22.6 Å². The van der Waals surface area contributed by atoms with Crippen LogP contribution in [0.2, 0.25) is 0 Å². The average Bonchev–Trinajstić information content (AvgIpc) is 2.78. The topological polar surface area (TPSA) is 17.8 Å². The van der Waals surface area contributed by atoms with Crippen molar-refractivity contribution in [3.63, 3.8) is 0 Å². The van der Waals surface area contributed by atoms with Crippen LogP contribution in [-0.2, 0) is 0 Å². The monoisotopic (exact) mass is 418 g/mol. The Morgan fingerprint density at radius 1 is 1.24 bits per heavy atom. The summed E-state index contributed by atoms with van der Waals surface area (Å²) in [6, 6.07) is 9.13. The quantitative estimate of drug-likeness (QED) is 0.413. The Bertz CT molecular complexity index is 830. The summed E-state index contributed by atoms with van der Waals surface area (Å²) in [6.45, 7) is 1.78. The summed E-state index contributed by atoms with van der Waals surface area (Å²) < 4.78 is 29.5. The maximum Gasteiger partial charge on any atom is 0.138 e. The van der Waals surface area contributed by atoms with Crippen LogP contribution in [0.1, 0.15) is 18.1 Å². The number of imidazole rings is 1. The summed E-state index contributed by atoms with van der Waals surface area (Å²) in [6.07, 6.45) is 0. The second-order valence-corrected chi connectivity index (χ2v) is 6.47. The summed E-state index contributed by atoms with van der Waals surface area (Å²) in [5.41, 5.74) is 1.77. The lowest BCUT2D eigenvalue weighted by Crippen LogP contribution is -2.02. The van der Waals surface area contributed by atoms with E-state index < -0.39 is 0 Å². The minimum Gasteiger partial charge on any atom is -0.295 e. The highest BCUT2D eigenvalue weighted by Crippen LogP contribution is 2.30. The van der Waals surface area contributed by atoms with Crippen LogP contribution in [0.5, 0.6) is 0 Å². The first-order valence-corrected chi connectivity index (χ1v) is 7.76. The summed E-state index contributed by atoms with van der Waals surface area (Å²) in [5, 5.41) is -0.388. The first-order valence-electron chi connectivity index (χ1n) is 6.25. The lowest BCUT2D eigenvalue weighted by molar-refractivity contribution is 0.621. The van der Waals surface area contributed by atoms with Crippen molar-refractivity contribution >= 4 is 45.2 Å². The molecule has 3 aromatic rings. The van der Waals surface area contributed by atoms with Gasteiger partial charge in [-0.1, -0.05) is 6.07 Å². The molecule has 2 aromatic carbocycles. The third-order valence-electron chi connectivity index (χ3n) is 3.14. The number of rotatable bonds is 2. The van der Waals surface area contributed by atoms with Crippen molar-refractivity contribution in [3.8, 4) is 5.69 Å². The molecule has 1 aromatic heterocycles. The third-order valence-corrected chi connectivity index (χ3v) is 4.17. The van der Waals surface area contributed by atoms with E-state index in [9.17, 15) is 8.78 Å². The molecule has 3 rings (SSSR count). The van der Waals surface area contributed by atoms with E-state index in [4.69, 9.17) is 11.6 Å². The van der Waals surface area contributed by atoms with Gasteiger partial charge in [0, 0.05) is 6.07 Å². The lowest BCUT2D eigenvalue weighted by atomic mass is 10.2. The van der Waals surface area contributed by atoms with Gasteiger partial charge in [0.25, 0.3) is 0 Å². The fourth-order valence-corrected chi connectivity index (χ4v) is 2.84. The smallest absolute Gasteiger partial charge is 0.138 e. The molecule has 21 heavy (non-hydrogen) atoms. The van der Waals surface area contributed by atoms with Crippen LogP contribution in [-0.4, -0.2) is 9.55 Å². The summed E-state index contributed by atoms with van der Waals surface area (Å²) >= 11 is 8.09. The molecule has 0 amide bonds. The van der Waals surface area contributed by atoms with Gasteiger partial charge in [-0.2, -0.15) is 0 Å². The minimum atomic E-state index is -0.388. The molecule has 0 bridgehead atoms. The van der Waals surface area contributed by atoms with Gasteiger partial charge in [-0.3, -0.25) is 4.57 Å².